The monoisotopic (exact) mass is 910 g/mol. The number of rotatable bonds is 8. The molecule has 2 aliphatic heterocycles. The van der Waals surface area contributed by atoms with Gasteiger partial charge in [0.2, 0.25) is 0 Å². The second kappa shape index (κ2) is 23.1. The summed E-state index contributed by atoms with van der Waals surface area (Å²) in [6.07, 6.45) is -0.378. The van der Waals surface area contributed by atoms with Crippen LogP contribution >= 0.6 is 35.6 Å². The van der Waals surface area contributed by atoms with Gasteiger partial charge < -0.3 is 34.2 Å². The number of hydrogen-bond donors (Lipinski definition) is 1. The van der Waals surface area contributed by atoms with Crippen molar-refractivity contribution in [1.82, 2.24) is 20.0 Å². The molecule has 0 spiro atoms. The van der Waals surface area contributed by atoms with Crippen LogP contribution in [0.4, 0.5) is 25.8 Å². The molecule has 5 amide bonds. The first kappa shape index (κ1) is 49.1. The highest BCUT2D eigenvalue weighted by atomic mass is 35.5. The number of benzene rings is 4. The lowest BCUT2D eigenvalue weighted by Crippen LogP contribution is -2.54. The standard InChI is InChI=1S/C25H30ClN3O5.C20H22ClN3O3.ClH/c1-25(2,3)34-24(32)28-14-12-27(13-15-28)23(31)29(21-7-5-6-20(26)16-21)17-18-8-10-19(11-9-18)22(30)33-4;1-27-19(25)16-7-5-15(6-8-16)14-24(18-4-2-3-17(21)13-18)20(26)23-11-9-22-10-12-23;/h5-11,16H,12-15,17H2,1-4H3;2-8,13,22H,9-12,14H2,1H3;1H. The quantitative estimate of drug-likeness (QED) is 0.136. The topological polar surface area (TPSA) is 141 Å². The van der Waals surface area contributed by atoms with Crippen molar-refractivity contribution in [2.75, 3.05) is 76.4 Å². The number of esters is 2. The highest BCUT2D eigenvalue weighted by Crippen LogP contribution is 2.26. The van der Waals surface area contributed by atoms with E-state index in [1.165, 1.54) is 14.2 Å². The summed E-state index contributed by atoms with van der Waals surface area (Å²) in [5.74, 6) is -0.803. The maximum absolute atomic E-state index is 13.5. The number of piperazine rings is 2. The molecule has 0 aromatic heterocycles. The van der Waals surface area contributed by atoms with Crippen LogP contribution in [0.5, 0.6) is 0 Å². The largest absolute Gasteiger partial charge is 0.465 e. The minimum absolute atomic E-state index is 0. The summed E-state index contributed by atoms with van der Waals surface area (Å²) >= 11 is 12.3. The fourth-order valence-corrected chi connectivity index (χ4v) is 6.89. The molecule has 0 saturated carbocycles. The summed E-state index contributed by atoms with van der Waals surface area (Å²) in [5, 5.41) is 4.35. The molecule has 4 aromatic carbocycles. The van der Waals surface area contributed by atoms with E-state index in [1.807, 2.05) is 56.0 Å². The molecule has 62 heavy (non-hydrogen) atoms. The average molecular weight is 912 g/mol. The molecule has 2 fully saturated rings. The molecule has 17 heteroatoms. The van der Waals surface area contributed by atoms with E-state index < -0.39 is 11.6 Å². The van der Waals surface area contributed by atoms with Gasteiger partial charge in [0.1, 0.15) is 5.60 Å². The molecule has 0 atom stereocenters. The van der Waals surface area contributed by atoms with Gasteiger partial charge in [0.25, 0.3) is 0 Å². The number of halogens is 3. The van der Waals surface area contributed by atoms with Crippen LogP contribution in [-0.4, -0.2) is 117 Å². The van der Waals surface area contributed by atoms with E-state index in [1.54, 1.807) is 86.3 Å². The highest BCUT2D eigenvalue weighted by molar-refractivity contribution is 6.31. The van der Waals surface area contributed by atoms with Gasteiger partial charge in [-0.05, 0) is 92.6 Å². The third kappa shape index (κ3) is 14.0. The van der Waals surface area contributed by atoms with Crippen LogP contribution in [0.1, 0.15) is 52.6 Å². The summed E-state index contributed by atoms with van der Waals surface area (Å²) in [6.45, 7) is 10.6. The molecule has 2 heterocycles. The van der Waals surface area contributed by atoms with Crippen LogP contribution in [0.3, 0.4) is 0 Å². The Bertz CT molecular complexity index is 2140. The Hall–Kier alpha value is -5.54. The second-order valence-corrected chi connectivity index (χ2v) is 16.1. The molecule has 0 bridgehead atoms. The molecule has 2 aliphatic rings. The van der Waals surface area contributed by atoms with Crippen LogP contribution in [0.15, 0.2) is 97.1 Å². The van der Waals surface area contributed by atoms with Crippen molar-refractivity contribution in [3.8, 4) is 0 Å². The number of carbonyl (C=O) groups is 5. The van der Waals surface area contributed by atoms with Crippen LogP contribution in [0.25, 0.3) is 0 Å². The molecule has 0 aliphatic carbocycles. The highest BCUT2D eigenvalue weighted by Gasteiger charge is 2.31. The molecule has 332 valence electrons. The predicted molar refractivity (Wildman–Crippen MR) is 243 cm³/mol. The second-order valence-electron chi connectivity index (χ2n) is 15.3. The smallest absolute Gasteiger partial charge is 0.410 e. The Kier molecular flexibility index (Phi) is 18.3. The van der Waals surface area contributed by atoms with Crippen molar-refractivity contribution >= 4 is 77.1 Å². The molecule has 14 nitrogen and oxygen atoms in total. The predicted octanol–water partition coefficient (Wildman–Crippen LogP) is 8.39. The van der Waals surface area contributed by atoms with E-state index in [0.717, 1.165) is 29.9 Å². The first-order valence-electron chi connectivity index (χ1n) is 19.8. The van der Waals surface area contributed by atoms with E-state index in [2.05, 4.69) is 5.32 Å². The van der Waals surface area contributed by atoms with Crippen LogP contribution in [-0.2, 0) is 27.3 Å². The minimum atomic E-state index is -0.573. The molecule has 1 N–H and O–H groups in total. The summed E-state index contributed by atoms with van der Waals surface area (Å²) in [4.78, 5) is 70.9. The van der Waals surface area contributed by atoms with Crippen molar-refractivity contribution in [1.29, 1.82) is 0 Å². The zero-order valence-corrected chi connectivity index (χ0v) is 37.8. The number of nitrogens with zero attached hydrogens (tertiary/aromatic N) is 5. The Morgan fingerprint density at radius 2 is 0.984 bits per heavy atom. The normalized spacial score (nSPS) is 13.7. The number of nitrogens with one attached hydrogen (secondary N) is 1. The van der Waals surface area contributed by atoms with Crippen molar-refractivity contribution in [3.05, 3.63) is 129 Å². The Morgan fingerprint density at radius 1 is 0.597 bits per heavy atom. The van der Waals surface area contributed by atoms with Crippen LogP contribution in [0.2, 0.25) is 10.0 Å². The zero-order valence-electron chi connectivity index (χ0n) is 35.5. The van der Waals surface area contributed by atoms with Gasteiger partial charge >= 0.3 is 30.1 Å². The maximum atomic E-state index is 13.5. The van der Waals surface area contributed by atoms with Gasteiger partial charge in [-0.2, -0.15) is 0 Å². The first-order valence-corrected chi connectivity index (χ1v) is 20.6. The first-order chi connectivity index (χ1) is 29.1. The number of urea groups is 2. The summed E-state index contributed by atoms with van der Waals surface area (Å²) in [7, 11) is 2.68. The van der Waals surface area contributed by atoms with Gasteiger partial charge in [-0.3, -0.25) is 9.80 Å². The molecule has 0 radical (unpaired) electrons. The molecule has 2 saturated heterocycles. The third-order valence-electron chi connectivity index (χ3n) is 9.72. The number of hydrogen-bond acceptors (Lipinski definition) is 9. The van der Waals surface area contributed by atoms with Crippen molar-refractivity contribution in [2.45, 2.75) is 39.5 Å². The molecule has 6 rings (SSSR count). The van der Waals surface area contributed by atoms with E-state index >= 15 is 0 Å². The van der Waals surface area contributed by atoms with Crippen molar-refractivity contribution in [2.24, 2.45) is 0 Å². The lowest BCUT2D eigenvalue weighted by atomic mass is 10.1. The molecular formula is C45H53Cl3N6O8. The number of anilines is 2. The molecule has 4 aromatic rings. The van der Waals surface area contributed by atoms with Gasteiger partial charge in [0, 0.05) is 73.8 Å². The number of ether oxygens (including phenoxy) is 3. The lowest BCUT2D eigenvalue weighted by Gasteiger charge is -2.38. The van der Waals surface area contributed by atoms with Crippen LogP contribution < -0.4 is 15.1 Å². The summed E-state index contributed by atoms with van der Waals surface area (Å²) in [5.41, 5.74) is 3.48. The SMILES string of the molecule is COC(=O)c1ccc(CN(C(=O)N2CCN(C(=O)OC(C)(C)C)CC2)c2cccc(Cl)c2)cc1.COC(=O)c1ccc(CN(C(=O)N2CCNCC2)c2cccc(Cl)c2)cc1.Cl. The summed E-state index contributed by atoms with van der Waals surface area (Å²) < 4.78 is 14.9. The fraction of sp³-hybridized carbons (Fsp3) is 0.356. The lowest BCUT2D eigenvalue weighted by molar-refractivity contribution is 0.0171. The van der Waals surface area contributed by atoms with Gasteiger partial charge in [0.15, 0.2) is 0 Å². The van der Waals surface area contributed by atoms with Crippen molar-refractivity contribution in [3.63, 3.8) is 0 Å². The van der Waals surface area contributed by atoms with E-state index in [-0.39, 0.29) is 43.1 Å². The maximum Gasteiger partial charge on any atom is 0.410 e. The third-order valence-corrected chi connectivity index (χ3v) is 10.2. The Balaban J connectivity index is 0.000000275. The Labute approximate surface area is 379 Å². The minimum Gasteiger partial charge on any atom is -0.465 e. The van der Waals surface area contributed by atoms with Gasteiger partial charge in [-0.15, -0.1) is 12.4 Å². The number of methoxy groups -OCH3 is 2. The van der Waals surface area contributed by atoms with Gasteiger partial charge in [-0.1, -0.05) is 59.6 Å². The number of carbonyl (C=O) groups excluding carboxylic acids is 5. The van der Waals surface area contributed by atoms with E-state index in [4.69, 9.17) is 37.4 Å². The van der Waals surface area contributed by atoms with E-state index in [9.17, 15) is 24.0 Å². The zero-order chi connectivity index (χ0) is 44.1. The average Bonchev–Trinajstić information content (AvgIpc) is 3.26. The van der Waals surface area contributed by atoms with Gasteiger partial charge in [0.05, 0.1) is 38.4 Å². The molecule has 0 unspecified atom stereocenters. The van der Waals surface area contributed by atoms with Gasteiger partial charge in [-0.25, -0.2) is 24.0 Å². The number of amides is 5. The fourth-order valence-electron chi connectivity index (χ4n) is 6.52. The molecular weight excluding hydrogens is 859 g/mol. The van der Waals surface area contributed by atoms with E-state index in [0.29, 0.717) is 72.7 Å². The Morgan fingerprint density at radius 3 is 1.35 bits per heavy atom. The van der Waals surface area contributed by atoms with Crippen molar-refractivity contribution < 1.29 is 38.2 Å². The van der Waals surface area contributed by atoms with Crippen LogP contribution in [0, 0.1) is 0 Å². The summed E-state index contributed by atoms with van der Waals surface area (Å²) in [6, 6.07) is 28.1.